The molecule has 5 rings (SSSR count). The molecule has 0 atom stereocenters. The summed E-state index contributed by atoms with van der Waals surface area (Å²) in [6.07, 6.45) is -0.633. The van der Waals surface area contributed by atoms with E-state index in [1.165, 1.54) is 0 Å². The molecule has 0 saturated carbocycles. The summed E-state index contributed by atoms with van der Waals surface area (Å²) in [7, 11) is 1.75. The molecule has 3 aromatic carbocycles. The van der Waals surface area contributed by atoms with Crippen LogP contribution < -0.4 is 10.1 Å². The van der Waals surface area contributed by atoms with E-state index in [0.29, 0.717) is 44.0 Å². The van der Waals surface area contributed by atoms with Crippen LogP contribution in [0.2, 0.25) is 10.0 Å². The van der Waals surface area contributed by atoms with E-state index in [9.17, 15) is 4.79 Å². The minimum absolute atomic E-state index is 0.353. The summed E-state index contributed by atoms with van der Waals surface area (Å²) < 4.78 is 7.05. The predicted molar refractivity (Wildman–Crippen MR) is 130 cm³/mol. The van der Waals surface area contributed by atoms with Crippen molar-refractivity contribution in [3.63, 3.8) is 0 Å². The number of amides is 1. The number of aromatic amines is 1. The van der Waals surface area contributed by atoms with Gasteiger partial charge in [0.1, 0.15) is 17.4 Å². The Labute approximate surface area is 198 Å². The van der Waals surface area contributed by atoms with Crippen molar-refractivity contribution in [2.75, 3.05) is 5.32 Å². The number of hydrogen-bond donors (Lipinski definition) is 2. The quantitative estimate of drug-likeness (QED) is 0.307. The number of imidazole rings is 1. The molecule has 9 heteroatoms. The van der Waals surface area contributed by atoms with Gasteiger partial charge in [0, 0.05) is 24.7 Å². The normalized spacial score (nSPS) is 11.0. The lowest BCUT2D eigenvalue weighted by Gasteiger charge is -2.06. The van der Waals surface area contributed by atoms with Crippen molar-refractivity contribution in [2.45, 2.75) is 0 Å². The number of hydrogen-bond acceptors (Lipinski definition) is 4. The fraction of sp³-hybridized carbons (Fsp3) is 0.0417. The number of aromatic nitrogens is 4. The molecule has 0 unspecified atom stereocenters. The Hall–Kier alpha value is -3.81. The molecule has 2 heterocycles. The lowest BCUT2D eigenvalue weighted by molar-refractivity contribution is 0.215. The van der Waals surface area contributed by atoms with Crippen LogP contribution in [0.3, 0.4) is 0 Å². The molecule has 2 N–H and O–H groups in total. The summed E-state index contributed by atoms with van der Waals surface area (Å²) in [5.41, 5.74) is 3.68. The molecular formula is C24H17Cl2N5O2. The maximum atomic E-state index is 12.5. The van der Waals surface area contributed by atoms with Gasteiger partial charge in [0.15, 0.2) is 0 Å². The van der Waals surface area contributed by atoms with Crippen molar-refractivity contribution in [1.29, 1.82) is 0 Å². The highest BCUT2D eigenvalue weighted by Crippen LogP contribution is 2.34. The molecule has 0 radical (unpaired) electrons. The summed E-state index contributed by atoms with van der Waals surface area (Å²) in [4.78, 5) is 20.2. The van der Waals surface area contributed by atoms with Gasteiger partial charge in [-0.25, -0.2) is 9.78 Å². The van der Waals surface area contributed by atoms with Crippen LogP contribution >= 0.6 is 23.2 Å². The molecule has 33 heavy (non-hydrogen) atoms. The highest BCUT2D eigenvalue weighted by atomic mass is 35.5. The number of halogens is 2. The van der Waals surface area contributed by atoms with Crippen LogP contribution in [0.15, 0.2) is 72.8 Å². The third kappa shape index (κ3) is 4.28. The van der Waals surface area contributed by atoms with E-state index < -0.39 is 6.09 Å². The summed E-state index contributed by atoms with van der Waals surface area (Å²) in [6.45, 7) is 0. The molecule has 0 aliphatic rings. The minimum atomic E-state index is -0.633. The van der Waals surface area contributed by atoms with Crippen LogP contribution in [0.5, 0.6) is 5.75 Å². The first-order valence-electron chi connectivity index (χ1n) is 10.0. The number of ether oxygens (including phenoxy) is 1. The largest absolute Gasteiger partial charge is 0.418 e. The van der Waals surface area contributed by atoms with Crippen LogP contribution in [-0.2, 0) is 7.05 Å². The maximum absolute atomic E-state index is 12.5. The van der Waals surface area contributed by atoms with E-state index in [4.69, 9.17) is 27.9 Å². The molecule has 1 amide bonds. The SMILES string of the molecule is Cn1nc(-c2ccccc2)cc1NC(=O)Oc1ccc2nc(-c3c(Cl)cccc3Cl)[nH]c2c1. The topological polar surface area (TPSA) is 84.8 Å². The van der Waals surface area contributed by atoms with Crippen molar-refractivity contribution >= 4 is 46.1 Å². The standard InChI is InChI=1S/C24H17Cl2N5O2/c1-31-21(13-19(30-31)14-6-3-2-4-7-14)29-24(32)33-15-10-11-18-20(12-15)28-23(27-18)22-16(25)8-5-9-17(22)26/h2-13H,1H3,(H,27,28)(H,29,32). The lowest BCUT2D eigenvalue weighted by Crippen LogP contribution is -2.18. The summed E-state index contributed by atoms with van der Waals surface area (Å²) in [5.74, 6) is 1.40. The number of benzene rings is 3. The number of rotatable bonds is 4. The first-order valence-corrected chi connectivity index (χ1v) is 10.8. The highest BCUT2D eigenvalue weighted by Gasteiger charge is 2.15. The Bertz CT molecular complexity index is 1460. The van der Waals surface area contributed by atoms with E-state index >= 15 is 0 Å². The van der Waals surface area contributed by atoms with Crippen molar-refractivity contribution < 1.29 is 9.53 Å². The molecule has 5 aromatic rings. The lowest BCUT2D eigenvalue weighted by atomic mass is 10.2. The number of nitrogens with zero attached hydrogens (tertiary/aromatic N) is 3. The number of carbonyl (C=O) groups is 1. The van der Waals surface area contributed by atoms with Gasteiger partial charge in [-0.15, -0.1) is 0 Å². The average molecular weight is 478 g/mol. The zero-order valence-electron chi connectivity index (χ0n) is 17.3. The van der Waals surface area contributed by atoms with E-state index in [-0.39, 0.29) is 0 Å². The van der Waals surface area contributed by atoms with E-state index in [1.54, 1.807) is 54.2 Å². The second-order valence-corrected chi connectivity index (χ2v) is 8.09. The van der Waals surface area contributed by atoms with Crippen molar-refractivity contribution in [3.8, 4) is 28.4 Å². The van der Waals surface area contributed by atoms with Gasteiger partial charge in [-0.05, 0) is 24.3 Å². The van der Waals surface area contributed by atoms with Gasteiger partial charge in [0.25, 0.3) is 0 Å². The summed E-state index contributed by atoms with van der Waals surface area (Å²) in [5, 5.41) is 8.14. The van der Waals surface area contributed by atoms with E-state index in [1.807, 2.05) is 30.3 Å². The Morgan fingerprint density at radius 2 is 1.76 bits per heavy atom. The molecule has 2 aromatic heterocycles. The molecule has 0 spiro atoms. The fourth-order valence-electron chi connectivity index (χ4n) is 3.47. The molecular weight excluding hydrogens is 461 g/mol. The van der Waals surface area contributed by atoms with Gasteiger partial charge in [-0.3, -0.25) is 10.00 Å². The Morgan fingerprint density at radius 1 is 1.00 bits per heavy atom. The number of aryl methyl sites for hydroxylation is 1. The first kappa shape index (κ1) is 21.1. The smallest absolute Gasteiger partial charge is 0.410 e. The third-order valence-corrected chi connectivity index (χ3v) is 5.67. The molecule has 7 nitrogen and oxygen atoms in total. The van der Waals surface area contributed by atoms with Crippen molar-refractivity contribution in [1.82, 2.24) is 19.7 Å². The molecule has 164 valence electrons. The molecule has 0 fully saturated rings. The Balaban J connectivity index is 1.34. The maximum Gasteiger partial charge on any atom is 0.418 e. The van der Waals surface area contributed by atoms with Crippen LogP contribution in [0.25, 0.3) is 33.7 Å². The number of fused-ring (bicyclic) bond motifs is 1. The highest BCUT2D eigenvalue weighted by molar-refractivity contribution is 6.39. The zero-order valence-corrected chi connectivity index (χ0v) is 18.9. The van der Waals surface area contributed by atoms with Gasteiger partial charge in [-0.1, -0.05) is 59.6 Å². The number of nitrogens with one attached hydrogen (secondary N) is 2. The Morgan fingerprint density at radius 3 is 2.52 bits per heavy atom. The predicted octanol–water partition coefficient (Wildman–Crippen LogP) is 6.55. The van der Waals surface area contributed by atoms with Crippen LogP contribution in [-0.4, -0.2) is 25.8 Å². The van der Waals surface area contributed by atoms with Crippen LogP contribution in [0, 0.1) is 0 Å². The summed E-state index contributed by atoms with van der Waals surface area (Å²) >= 11 is 12.6. The van der Waals surface area contributed by atoms with Crippen molar-refractivity contribution in [2.24, 2.45) is 7.05 Å². The molecule has 0 aliphatic heterocycles. The van der Waals surface area contributed by atoms with Crippen LogP contribution in [0.1, 0.15) is 0 Å². The third-order valence-electron chi connectivity index (χ3n) is 5.04. The van der Waals surface area contributed by atoms with Gasteiger partial charge < -0.3 is 9.72 Å². The fourth-order valence-corrected chi connectivity index (χ4v) is 4.04. The number of H-pyrrole nitrogens is 1. The molecule has 0 bridgehead atoms. The first-order chi connectivity index (χ1) is 16.0. The second kappa shape index (κ2) is 8.61. The van der Waals surface area contributed by atoms with Gasteiger partial charge in [0.05, 0.1) is 32.3 Å². The van der Waals surface area contributed by atoms with Gasteiger partial charge >= 0.3 is 6.09 Å². The minimum Gasteiger partial charge on any atom is -0.410 e. The average Bonchev–Trinajstić information content (AvgIpc) is 3.37. The zero-order chi connectivity index (χ0) is 22.9. The summed E-state index contributed by atoms with van der Waals surface area (Å²) in [6, 6.07) is 21.9. The Kier molecular flexibility index (Phi) is 5.50. The second-order valence-electron chi connectivity index (χ2n) is 7.28. The molecule has 0 aliphatic carbocycles. The monoisotopic (exact) mass is 477 g/mol. The van der Waals surface area contributed by atoms with Gasteiger partial charge in [0.2, 0.25) is 0 Å². The number of carbonyl (C=O) groups excluding carboxylic acids is 1. The van der Waals surface area contributed by atoms with Gasteiger partial charge in [-0.2, -0.15) is 5.10 Å². The number of anilines is 1. The van der Waals surface area contributed by atoms with E-state index in [2.05, 4.69) is 20.4 Å². The molecule has 0 saturated heterocycles. The van der Waals surface area contributed by atoms with Crippen LogP contribution in [0.4, 0.5) is 10.6 Å². The van der Waals surface area contributed by atoms with Crippen molar-refractivity contribution in [3.05, 3.63) is 82.8 Å². The van der Waals surface area contributed by atoms with E-state index in [0.717, 1.165) is 11.3 Å².